The lowest BCUT2D eigenvalue weighted by atomic mass is 9.71. The molecule has 4 rings (SSSR count). The van der Waals surface area contributed by atoms with Gasteiger partial charge in [0.15, 0.2) is 5.78 Å². The number of methoxy groups -OCH3 is 1. The van der Waals surface area contributed by atoms with Crippen LogP contribution in [0.4, 0.5) is 13.2 Å². The Morgan fingerprint density at radius 3 is 2.38 bits per heavy atom. The Morgan fingerprint density at radius 1 is 1.23 bits per heavy atom. The van der Waals surface area contributed by atoms with Crippen molar-refractivity contribution in [2.75, 3.05) is 7.11 Å². The predicted octanol–water partition coefficient (Wildman–Crippen LogP) is 3.59. The van der Waals surface area contributed by atoms with E-state index < -0.39 is 46.4 Å². The van der Waals surface area contributed by atoms with E-state index in [4.69, 9.17) is 16.3 Å². The van der Waals surface area contributed by atoms with Crippen LogP contribution in [-0.2, 0) is 14.3 Å². The molecule has 0 N–H and O–H groups in total. The molecule has 138 valence electrons. The van der Waals surface area contributed by atoms with Crippen molar-refractivity contribution < 1.29 is 32.2 Å². The van der Waals surface area contributed by atoms with E-state index >= 15 is 0 Å². The summed E-state index contributed by atoms with van der Waals surface area (Å²) in [6.45, 7) is 1.41. The Labute approximate surface area is 151 Å². The number of esters is 1. The number of hydrogen-bond donors (Lipinski definition) is 0. The number of alkyl halides is 3. The number of hydrogen-bond acceptors (Lipinski definition) is 4. The molecule has 1 aromatic carbocycles. The number of Topliss-reactive ketones (excluding diaryl/α,β-unsaturated/α-hetero) is 1. The number of halogens is 4. The van der Waals surface area contributed by atoms with Gasteiger partial charge in [-0.1, -0.05) is 23.8 Å². The Kier molecular flexibility index (Phi) is 3.30. The van der Waals surface area contributed by atoms with Gasteiger partial charge in [-0.05, 0) is 31.2 Å². The van der Waals surface area contributed by atoms with Gasteiger partial charge in [-0.3, -0.25) is 9.59 Å². The summed E-state index contributed by atoms with van der Waals surface area (Å²) in [6.07, 6.45) is -3.52. The van der Waals surface area contributed by atoms with Crippen LogP contribution in [0.25, 0.3) is 0 Å². The molecule has 0 spiro atoms. The zero-order chi connectivity index (χ0) is 19.1. The van der Waals surface area contributed by atoms with E-state index in [1.165, 1.54) is 43.3 Å². The number of ketones is 1. The van der Waals surface area contributed by atoms with Gasteiger partial charge in [0.05, 0.1) is 30.1 Å². The maximum atomic E-state index is 14.3. The lowest BCUT2D eigenvalue weighted by Crippen LogP contribution is -2.44. The highest BCUT2D eigenvalue weighted by atomic mass is 35.5. The monoisotopic (exact) mass is 386 g/mol. The summed E-state index contributed by atoms with van der Waals surface area (Å²) in [4.78, 5) is 25.7. The number of rotatable bonds is 3. The number of carbonyl (C=O) groups excluding carboxylic acids is 2. The van der Waals surface area contributed by atoms with E-state index in [2.05, 4.69) is 4.74 Å². The van der Waals surface area contributed by atoms with Gasteiger partial charge < -0.3 is 9.47 Å². The molecular formula is C18H14ClF3O4. The van der Waals surface area contributed by atoms with Crippen LogP contribution in [0.15, 0.2) is 36.4 Å². The maximum Gasteiger partial charge on any atom is 0.399 e. The third kappa shape index (κ3) is 1.62. The molecule has 1 saturated carbocycles. The summed E-state index contributed by atoms with van der Waals surface area (Å²) in [5.41, 5.74) is -6.24. The highest BCUT2D eigenvalue weighted by Crippen LogP contribution is 2.88. The van der Waals surface area contributed by atoms with Crippen LogP contribution >= 0.6 is 11.6 Å². The zero-order valence-electron chi connectivity index (χ0n) is 13.8. The van der Waals surface area contributed by atoms with E-state index in [9.17, 15) is 22.8 Å². The minimum atomic E-state index is -4.83. The summed E-state index contributed by atoms with van der Waals surface area (Å²) in [6, 6.07) is 5.55. The normalized spacial score (nSPS) is 39.6. The molecular weight excluding hydrogens is 373 g/mol. The first-order valence-corrected chi connectivity index (χ1v) is 8.28. The lowest BCUT2D eigenvalue weighted by molar-refractivity contribution is -0.212. The molecule has 2 fully saturated rings. The van der Waals surface area contributed by atoms with Gasteiger partial charge in [-0.15, -0.1) is 0 Å². The lowest BCUT2D eigenvalue weighted by Gasteiger charge is -2.30. The van der Waals surface area contributed by atoms with Crippen LogP contribution in [0.5, 0.6) is 0 Å². The molecule has 4 nitrogen and oxygen atoms in total. The minimum Gasteiger partial charge on any atom is -0.469 e. The topological polar surface area (TPSA) is 52.6 Å². The minimum absolute atomic E-state index is 0.0419. The molecule has 1 aliphatic carbocycles. The van der Waals surface area contributed by atoms with Gasteiger partial charge in [-0.25, -0.2) is 0 Å². The van der Waals surface area contributed by atoms with Crippen molar-refractivity contribution in [1.29, 1.82) is 0 Å². The van der Waals surface area contributed by atoms with Crippen LogP contribution in [0, 0.1) is 16.7 Å². The number of benzene rings is 1. The molecule has 5 unspecified atom stereocenters. The standard InChI is InChI=1S/C18H14ClF3O4/c1-15-8-7-11(26-15)16(18(20,21)22)12(14(24)25-2)17(15,16)13(23)9-3-5-10(19)6-4-9/h3-8,11-12H,1-2H3. The number of ether oxygens (including phenoxy) is 2. The summed E-state index contributed by atoms with van der Waals surface area (Å²) in [5.74, 6) is -3.52. The first-order valence-electron chi connectivity index (χ1n) is 7.90. The zero-order valence-corrected chi connectivity index (χ0v) is 14.5. The largest absolute Gasteiger partial charge is 0.469 e. The molecule has 0 aromatic heterocycles. The van der Waals surface area contributed by atoms with Gasteiger partial charge in [0.1, 0.15) is 5.41 Å². The fourth-order valence-corrected chi connectivity index (χ4v) is 5.19. The van der Waals surface area contributed by atoms with Crippen LogP contribution in [0.3, 0.4) is 0 Å². The van der Waals surface area contributed by atoms with Crippen molar-refractivity contribution in [3.05, 3.63) is 47.0 Å². The van der Waals surface area contributed by atoms with Gasteiger partial charge in [0.2, 0.25) is 0 Å². The quantitative estimate of drug-likeness (QED) is 0.452. The van der Waals surface area contributed by atoms with Gasteiger partial charge in [-0.2, -0.15) is 13.2 Å². The molecule has 2 heterocycles. The van der Waals surface area contributed by atoms with E-state index in [0.717, 1.165) is 7.11 Å². The second kappa shape index (κ2) is 4.89. The van der Waals surface area contributed by atoms with Gasteiger partial charge >= 0.3 is 12.1 Å². The van der Waals surface area contributed by atoms with Crippen LogP contribution in [-0.4, -0.2) is 36.7 Å². The molecule has 3 aliphatic rings. The van der Waals surface area contributed by atoms with Crippen molar-refractivity contribution in [2.45, 2.75) is 24.8 Å². The summed E-state index contributed by atoms with van der Waals surface area (Å²) >= 11 is 5.81. The molecule has 0 amide bonds. The van der Waals surface area contributed by atoms with E-state index in [-0.39, 0.29) is 5.56 Å². The SMILES string of the molecule is COC(=O)C1C2(C(=O)c3ccc(Cl)cc3)C3(C)C=CC(O3)C12C(F)(F)F. The summed E-state index contributed by atoms with van der Waals surface area (Å²) in [5, 5.41) is 0.344. The molecule has 1 saturated heterocycles. The summed E-state index contributed by atoms with van der Waals surface area (Å²) in [7, 11) is 1.01. The fourth-order valence-electron chi connectivity index (χ4n) is 5.07. The molecule has 5 atom stereocenters. The van der Waals surface area contributed by atoms with E-state index in [0.29, 0.717) is 5.02 Å². The van der Waals surface area contributed by atoms with Gasteiger partial charge in [0.25, 0.3) is 0 Å². The molecule has 1 aromatic rings. The number of carbonyl (C=O) groups is 2. The first-order chi connectivity index (χ1) is 12.1. The Hall–Kier alpha value is -1.86. The van der Waals surface area contributed by atoms with Crippen molar-refractivity contribution in [3.63, 3.8) is 0 Å². The van der Waals surface area contributed by atoms with Crippen LogP contribution in [0.2, 0.25) is 5.02 Å². The highest BCUT2D eigenvalue weighted by Gasteiger charge is 3.03. The van der Waals surface area contributed by atoms with Crippen molar-refractivity contribution in [1.82, 2.24) is 0 Å². The molecule has 8 heteroatoms. The second-order valence-corrected chi connectivity index (χ2v) is 7.41. The van der Waals surface area contributed by atoms with Gasteiger partial charge in [0, 0.05) is 10.6 Å². The van der Waals surface area contributed by atoms with E-state index in [1.54, 1.807) is 0 Å². The Bertz CT molecular complexity index is 849. The van der Waals surface area contributed by atoms with Crippen molar-refractivity contribution in [3.8, 4) is 0 Å². The second-order valence-electron chi connectivity index (χ2n) is 6.97. The average Bonchev–Trinajstić information content (AvgIpc) is 3.02. The van der Waals surface area contributed by atoms with Crippen LogP contribution in [0.1, 0.15) is 17.3 Å². The smallest absolute Gasteiger partial charge is 0.399 e. The first kappa shape index (κ1) is 17.5. The van der Waals surface area contributed by atoms with E-state index in [1.807, 2.05) is 0 Å². The van der Waals surface area contributed by atoms with Crippen molar-refractivity contribution >= 4 is 23.4 Å². The highest BCUT2D eigenvalue weighted by molar-refractivity contribution is 6.30. The molecule has 26 heavy (non-hydrogen) atoms. The summed E-state index contributed by atoms with van der Waals surface area (Å²) < 4.78 is 52.9. The van der Waals surface area contributed by atoms with Crippen molar-refractivity contribution in [2.24, 2.45) is 16.7 Å². The Balaban J connectivity index is 1.95. The number of fused-ring (bicyclic) bond motifs is 5. The Morgan fingerprint density at radius 2 is 1.85 bits per heavy atom. The molecule has 0 radical (unpaired) electrons. The predicted molar refractivity (Wildman–Crippen MR) is 84.6 cm³/mol. The third-order valence-corrected chi connectivity index (χ3v) is 6.27. The van der Waals surface area contributed by atoms with Crippen LogP contribution < -0.4 is 0 Å². The molecule has 2 bridgehead atoms. The third-order valence-electron chi connectivity index (χ3n) is 6.02. The fraction of sp³-hybridized carbons (Fsp3) is 0.444. The molecule has 2 aliphatic heterocycles. The maximum absolute atomic E-state index is 14.3. The average molecular weight is 387 g/mol.